The summed E-state index contributed by atoms with van der Waals surface area (Å²) in [5, 5.41) is 4.37. The van der Waals surface area contributed by atoms with Crippen molar-refractivity contribution in [3.63, 3.8) is 0 Å². The van der Waals surface area contributed by atoms with Crippen molar-refractivity contribution < 1.29 is 4.79 Å². The number of halogens is 1. The molecular weight excluding hydrogens is 292 g/mol. The molecule has 0 saturated heterocycles. The second-order valence-electron chi connectivity index (χ2n) is 4.33. The van der Waals surface area contributed by atoms with E-state index in [0.29, 0.717) is 17.2 Å². The molecule has 1 heterocycles. The number of rotatable bonds is 5. The largest absolute Gasteiger partial charge is 0.326 e. The van der Waals surface area contributed by atoms with Gasteiger partial charge in [-0.2, -0.15) is 0 Å². The Kier molecular flexibility index (Phi) is 5.44. The molecule has 104 valence electrons. The number of pyridine rings is 1. The number of hydrogen-bond donors (Lipinski definition) is 1. The minimum absolute atomic E-state index is 0.0214. The van der Waals surface area contributed by atoms with E-state index in [2.05, 4.69) is 10.3 Å². The molecule has 3 nitrogen and oxygen atoms in total. The number of thioether (sulfide) groups is 1. The molecule has 1 N–H and O–H groups in total. The first-order chi connectivity index (χ1) is 9.63. The fourth-order valence-corrected chi connectivity index (χ4v) is 2.56. The average Bonchev–Trinajstić information content (AvgIpc) is 2.41. The van der Waals surface area contributed by atoms with E-state index in [1.165, 1.54) is 0 Å². The molecule has 0 bridgehead atoms. The fraction of sp³-hybridized carbons (Fsp3) is 0.200. The molecule has 0 unspecified atom stereocenters. The highest BCUT2D eigenvalue weighted by molar-refractivity contribution is 7.99. The number of nitrogens with zero attached hydrogens (tertiary/aromatic N) is 1. The highest BCUT2D eigenvalue weighted by Crippen LogP contribution is 2.18. The normalized spacial score (nSPS) is 10.3. The standard InChI is InChI=1S/C15H15ClN2OS/c1-11-5-6-15(17-10-11)20-8-7-14(19)18-13-4-2-3-12(16)9-13/h2-6,9-10H,7-8H2,1H3,(H,18,19). The highest BCUT2D eigenvalue weighted by Gasteiger charge is 2.04. The molecule has 0 aliphatic carbocycles. The van der Waals surface area contributed by atoms with Gasteiger partial charge in [0.2, 0.25) is 5.91 Å². The van der Waals surface area contributed by atoms with Crippen molar-refractivity contribution in [1.29, 1.82) is 0 Å². The van der Waals surface area contributed by atoms with Crippen molar-refractivity contribution in [2.75, 3.05) is 11.1 Å². The summed E-state index contributed by atoms with van der Waals surface area (Å²) in [6.45, 7) is 2.00. The molecule has 0 aliphatic heterocycles. The summed E-state index contributed by atoms with van der Waals surface area (Å²) in [5.74, 6) is 0.675. The van der Waals surface area contributed by atoms with Gasteiger partial charge >= 0.3 is 0 Å². The van der Waals surface area contributed by atoms with Gasteiger partial charge in [-0.1, -0.05) is 23.7 Å². The van der Waals surface area contributed by atoms with Crippen molar-refractivity contribution in [3.05, 3.63) is 53.2 Å². The number of nitrogens with one attached hydrogen (secondary N) is 1. The summed E-state index contributed by atoms with van der Waals surface area (Å²) in [6.07, 6.45) is 2.26. The zero-order valence-corrected chi connectivity index (χ0v) is 12.7. The molecule has 2 aromatic rings. The lowest BCUT2D eigenvalue weighted by Gasteiger charge is -2.05. The molecule has 1 aromatic heterocycles. The Morgan fingerprint density at radius 1 is 1.35 bits per heavy atom. The molecule has 5 heteroatoms. The first kappa shape index (κ1) is 14.9. The van der Waals surface area contributed by atoms with Crippen LogP contribution in [0.4, 0.5) is 5.69 Å². The molecule has 0 radical (unpaired) electrons. The third-order valence-corrected chi connectivity index (χ3v) is 3.75. The van der Waals surface area contributed by atoms with Crippen LogP contribution in [0.2, 0.25) is 5.02 Å². The van der Waals surface area contributed by atoms with Crippen molar-refractivity contribution in [3.8, 4) is 0 Å². The van der Waals surface area contributed by atoms with Gasteiger partial charge in [-0.05, 0) is 36.8 Å². The Hall–Kier alpha value is -1.52. The predicted octanol–water partition coefficient (Wildman–Crippen LogP) is 4.16. The molecule has 1 aromatic carbocycles. The first-order valence-electron chi connectivity index (χ1n) is 6.24. The summed E-state index contributed by atoms with van der Waals surface area (Å²) in [6, 6.07) is 11.1. The van der Waals surface area contributed by atoms with Gasteiger partial charge in [0.25, 0.3) is 0 Å². The Morgan fingerprint density at radius 2 is 2.20 bits per heavy atom. The molecule has 0 aliphatic rings. The maximum Gasteiger partial charge on any atom is 0.225 e. The third kappa shape index (κ3) is 4.87. The Labute approximate surface area is 127 Å². The Morgan fingerprint density at radius 3 is 2.90 bits per heavy atom. The van der Waals surface area contributed by atoms with Crippen LogP contribution in [0.15, 0.2) is 47.6 Å². The molecular formula is C15H15ClN2OS. The smallest absolute Gasteiger partial charge is 0.225 e. The van der Waals surface area contributed by atoms with Gasteiger partial charge in [-0.25, -0.2) is 4.98 Å². The number of amides is 1. The van der Waals surface area contributed by atoms with Crippen molar-refractivity contribution in [1.82, 2.24) is 4.98 Å². The summed E-state index contributed by atoms with van der Waals surface area (Å²) < 4.78 is 0. The van der Waals surface area contributed by atoms with Crippen LogP contribution in [0.3, 0.4) is 0 Å². The van der Waals surface area contributed by atoms with E-state index in [-0.39, 0.29) is 5.91 Å². The predicted molar refractivity (Wildman–Crippen MR) is 84.4 cm³/mol. The second kappa shape index (κ2) is 7.31. The average molecular weight is 307 g/mol. The van der Waals surface area contributed by atoms with Gasteiger partial charge < -0.3 is 5.32 Å². The lowest BCUT2D eigenvalue weighted by atomic mass is 10.3. The zero-order valence-electron chi connectivity index (χ0n) is 11.1. The van der Waals surface area contributed by atoms with Crippen LogP contribution in [-0.2, 0) is 4.79 Å². The molecule has 0 fully saturated rings. The fourth-order valence-electron chi connectivity index (χ4n) is 1.58. The number of carbonyl (C=O) groups is 1. The second-order valence-corrected chi connectivity index (χ2v) is 5.88. The maximum atomic E-state index is 11.8. The van der Waals surface area contributed by atoms with E-state index < -0.39 is 0 Å². The number of carbonyl (C=O) groups excluding carboxylic acids is 1. The van der Waals surface area contributed by atoms with Gasteiger partial charge in [0.15, 0.2) is 0 Å². The topological polar surface area (TPSA) is 42.0 Å². The van der Waals surface area contributed by atoms with Crippen LogP contribution >= 0.6 is 23.4 Å². The molecule has 0 saturated carbocycles. The van der Waals surface area contributed by atoms with Gasteiger partial charge in [0.05, 0.1) is 5.03 Å². The van der Waals surface area contributed by atoms with E-state index in [1.807, 2.05) is 37.4 Å². The zero-order chi connectivity index (χ0) is 14.4. The van der Waals surface area contributed by atoms with Gasteiger partial charge in [-0.3, -0.25) is 4.79 Å². The molecule has 0 atom stereocenters. The summed E-state index contributed by atoms with van der Waals surface area (Å²) >= 11 is 7.43. The van der Waals surface area contributed by atoms with Gasteiger partial charge in [0, 0.05) is 29.1 Å². The molecule has 0 spiro atoms. The van der Waals surface area contributed by atoms with Crippen LogP contribution in [0.25, 0.3) is 0 Å². The summed E-state index contributed by atoms with van der Waals surface area (Å²) in [4.78, 5) is 16.1. The molecule has 2 rings (SSSR count). The van der Waals surface area contributed by atoms with Crippen LogP contribution < -0.4 is 5.32 Å². The summed E-state index contributed by atoms with van der Waals surface area (Å²) in [7, 11) is 0. The third-order valence-electron chi connectivity index (χ3n) is 2.57. The Balaban J connectivity index is 1.76. The van der Waals surface area contributed by atoms with E-state index in [1.54, 1.807) is 23.9 Å². The molecule has 20 heavy (non-hydrogen) atoms. The van der Waals surface area contributed by atoms with Crippen molar-refractivity contribution in [2.45, 2.75) is 18.4 Å². The quantitative estimate of drug-likeness (QED) is 0.843. The maximum absolute atomic E-state index is 11.8. The number of benzene rings is 1. The number of hydrogen-bond acceptors (Lipinski definition) is 3. The van der Waals surface area contributed by atoms with Gasteiger partial charge in [0.1, 0.15) is 0 Å². The summed E-state index contributed by atoms with van der Waals surface area (Å²) in [5.41, 5.74) is 1.86. The number of aromatic nitrogens is 1. The number of anilines is 1. The van der Waals surface area contributed by atoms with E-state index in [0.717, 1.165) is 16.3 Å². The van der Waals surface area contributed by atoms with Crippen LogP contribution in [0.5, 0.6) is 0 Å². The lowest BCUT2D eigenvalue weighted by molar-refractivity contribution is -0.115. The van der Waals surface area contributed by atoms with E-state index in [9.17, 15) is 4.79 Å². The van der Waals surface area contributed by atoms with Gasteiger partial charge in [-0.15, -0.1) is 11.8 Å². The van der Waals surface area contributed by atoms with Crippen LogP contribution in [0.1, 0.15) is 12.0 Å². The van der Waals surface area contributed by atoms with E-state index >= 15 is 0 Å². The molecule has 1 amide bonds. The monoisotopic (exact) mass is 306 g/mol. The first-order valence-corrected chi connectivity index (χ1v) is 7.61. The van der Waals surface area contributed by atoms with Crippen LogP contribution in [-0.4, -0.2) is 16.6 Å². The lowest BCUT2D eigenvalue weighted by Crippen LogP contribution is -2.12. The highest BCUT2D eigenvalue weighted by atomic mass is 35.5. The van der Waals surface area contributed by atoms with Crippen molar-refractivity contribution >= 4 is 35.0 Å². The number of aryl methyl sites for hydroxylation is 1. The Bertz CT molecular complexity index is 587. The minimum Gasteiger partial charge on any atom is -0.326 e. The van der Waals surface area contributed by atoms with E-state index in [4.69, 9.17) is 11.6 Å². The van der Waals surface area contributed by atoms with Crippen molar-refractivity contribution in [2.24, 2.45) is 0 Å². The minimum atomic E-state index is -0.0214. The SMILES string of the molecule is Cc1ccc(SCCC(=O)Nc2cccc(Cl)c2)nc1. The van der Waals surface area contributed by atoms with Crippen LogP contribution in [0, 0.1) is 6.92 Å².